The number of hydrogen-bond acceptors (Lipinski definition) is 8. The lowest BCUT2D eigenvalue weighted by molar-refractivity contribution is -0.154. The molecule has 322 valence electrons. The molecule has 0 saturated carbocycles. The third-order valence-electron chi connectivity index (χ3n) is 9.25. The van der Waals surface area contributed by atoms with E-state index in [1.54, 1.807) is 0 Å². The maximum atomic E-state index is 12.6. The average molecular weight is 799 g/mol. The fourth-order valence-corrected chi connectivity index (χ4v) is 6.68. The van der Waals surface area contributed by atoms with E-state index in [9.17, 15) is 19.4 Å². The molecule has 0 aromatic rings. The Morgan fingerprint density at radius 3 is 1.58 bits per heavy atom. The Morgan fingerprint density at radius 1 is 0.582 bits per heavy atom. The van der Waals surface area contributed by atoms with Crippen molar-refractivity contribution < 1.29 is 43.0 Å². The molecule has 0 spiro atoms. The van der Waals surface area contributed by atoms with E-state index in [0.717, 1.165) is 70.6 Å². The number of carbonyl (C=O) groups is 1. The zero-order valence-electron chi connectivity index (χ0n) is 35.1. The number of aliphatic hydroxyl groups is 2. The number of phosphoric acid groups is 1. The van der Waals surface area contributed by atoms with Gasteiger partial charge < -0.3 is 24.6 Å². The maximum Gasteiger partial charge on any atom is 0.472 e. The normalized spacial score (nSPS) is 14.5. The molecule has 0 bridgehead atoms. The molecule has 3 N–H and O–H groups in total. The molecule has 0 aromatic heterocycles. The molecule has 0 amide bonds. The topological polar surface area (TPSA) is 132 Å². The molecule has 0 fully saturated rings. The predicted molar refractivity (Wildman–Crippen MR) is 228 cm³/mol. The number of allylic oxidation sites excluding steroid dienone is 8. The number of hydrogen-bond donors (Lipinski definition) is 3. The molecule has 10 heteroatoms. The van der Waals surface area contributed by atoms with Crippen LogP contribution in [0.4, 0.5) is 0 Å². The lowest BCUT2D eigenvalue weighted by Crippen LogP contribution is -2.29. The molecule has 0 heterocycles. The van der Waals surface area contributed by atoms with Gasteiger partial charge in [0, 0.05) is 13.0 Å². The molecular weight excluding hydrogens is 715 g/mol. The van der Waals surface area contributed by atoms with E-state index in [-0.39, 0.29) is 19.6 Å². The van der Waals surface area contributed by atoms with Crippen molar-refractivity contribution in [3.8, 4) is 0 Å². The van der Waals surface area contributed by atoms with Gasteiger partial charge in [0.25, 0.3) is 0 Å². The van der Waals surface area contributed by atoms with Crippen LogP contribution in [0, 0.1) is 0 Å². The summed E-state index contributed by atoms with van der Waals surface area (Å²) < 4.78 is 33.4. The lowest BCUT2D eigenvalue weighted by atomic mass is 10.1. The first-order valence-corrected chi connectivity index (χ1v) is 23.6. The van der Waals surface area contributed by atoms with Crippen molar-refractivity contribution in [1.82, 2.24) is 0 Å². The van der Waals surface area contributed by atoms with Gasteiger partial charge in [-0.2, -0.15) is 0 Å². The molecule has 0 rings (SSSR count). The van der Waals surface area contributed by atoms with E-state index in [4.69, 9.17) is 23.6 Å². The van der Waals surface area contributed by atoms with Crippen molar-refractivity contribution in [2.75, 3.05) is 33.0 Å². The summed E-state index contributed by atoms with van der Waals surface area (Å²) in [5, 5.41) is 18.3. The highest BCUT2D eigenvalue weighted by Gasteiger charge is 2.26. The molecule has 0 saturated heterocycles. The molecule has 0 aliphatic heterocycles. The number of phosphoric ester groups is 1. The van der Waals surface area contributed by atoms with Crippen LogP contribution < -0.4 is 0 Å². The van der Waals surface area contributed by atoms with Crippen LogP contribution in [0.3, 0.4) is 0 Å². The second-order valence-electron chi connectivity index (χ2n) is 14.7. The largest absolute Gasteiger partial charge is 0.472 e. The van der Waals surface area contributed by atoms with E-state index in [1.807, 2.05) is 0 Å². The van der Waals surface area contributed by atoms with Gasteiger partial charge in [0.15, 0.2) is 0 Å². The first-order chi connectivity index (χ1) is 26.8. The first kappa shape index (κ1) is 53.4. The van der Waals surface area contributed by atoms with Crippen LogP contribution in [0.15, 0.2) is 48.6 Å². The predicted octanol–water partition coefficient (Wildman–Crippen LogP) is 12.2. The van der Waals surface area contributed by atoms with Gasteiger partial charge in [-0.3, -0.25) is 13.8 Å². The molecule has 0 aliphatic rings. The number of unbranched alkanes of at least 4 members (excludes halogenated alkanes) is 20. The highest BCUT2D eigenvalue weighted by molar-refractivity contribution is 7.47. The van der Waals surface area contributed by atoms with Crippen molar-refractivity contribution in [1.29, 1.82) is 0 Å². The fourth-order valence-electron chi connectivity index (χ4n) is 5.89. The quantitative estimate of drug-likeness (QED) is 0.0239. The fraction of sp³-hybridized carbons (Fsp3) is 0.800. The smallest absolute Gasteiger partial charge is 0.457 e. The number of rotatable bonds is 42. The molecule has 0 aliphatic carbocycles. The summed E-state index contributed by atoms with van der Waals surface area (Å²) in [6, 6.07) is 0. The first-order valence-electron chi connectivity index (χ1n) is 22.1. The molecule has 0 aromatic carbocycles. The van der Waals surface area contributed by atoms with Gasteiger partial charge in [-0.05, 0) is 70.6 Å². The van der Waals surface area contributed by atoms with Crippen LogP contribution in [-0.4, -0.2) is 66.3 Å². The minimum absolute atomic E-state index is 0.0394. The zero-order chi connectivity index (χ0) is 40.3. The Morgan fingerprint density at radius 2 is 1.04 bits per heavy atom. The highest BCUT2D eigenvalue weighted by atomic mass is 31.2. The van der Waals surface area contributed by atoms with Gasteiger partial charge in [-0.15, -0.1) is 0 Å². The summed E-state index contributed by atoms with van der Waals surface area (Å²) in [5.41, 5.74) is 0. The van der Waals surface area contributed by atoms with Crippen LogP contribution in [0.5, 0.6) is 0 Å². The number of ether oxygens (including phenoxy) is 2. The molecule has 3 atom stereocenters. The standard InChI is InChI=1S/C45H83O9P/c1-3-5-7-9-11-13-15-17-19-20-21-22-24-26-28-30-32-34-36-38-51-41-44(42-53-55(49,50)52-40-43(47)39-46)54-45(48)37-35-33-31-29-27-25-23-18-16-14-12-10-8-6-4-2/h6,8,12,14,18-20,23,43-44,46-47H,3-5,7,9-11,13,15-17,21-22,24-42H2,1-2H3,(H,49,50)/b8-6-,14-12-,20-19-,23-18-. The van der Waals surface area contributed by atoms with E-state index < -0.39 is 39.2 Å². The van der Waals surface area contributed by atoms with Crippen molar-refractivity contribution in [2.45, 2.75) is 199 Å². The van der Waals surface area contributed by atoms with Gasteiger partial charge in [-0.1, -0.05) is 159 Å². The van der Waals surface area contributed by atoms with E-state index in [0.29, 0.717) is 13.0 Å². The number of aliphatic hydroxyl groups excluding tert-OH is 2. The third kappa shape index (κ3) is 41.9. The number of esters is 1. The summed E-state index contributed by atoms with van der Waals surface area (Å²) in [7, 11) is -4.52. The van der Waals surface area contributed by atoms with Crippen molar-refractivity contribution in [2.24, 2.45) is 0 Å². The summed E-state index contributed by atoms with van der Waals surface area (Å²) in [5.74, 6) is -0.401. The maximum absolute atomic E-state index is 12.6. The molecule has 0 radical (unpaired) electrons. The number of carbonyl (C=O) groups excluding carboxylic acids is 1. The van der Waals surface area contributed by atoms with E-state index in [2.05, 4.69) is 62.5 Å². The van der Waals surface area contributed by atoms with Crippen molar-refractivity contribution in [3.63, 3.8) is 0 Å². The molecular formula is C45H83O9P. The summed E-state index contributed by atoms with van der Waals surface area (Å²) in [6.45, 7) is 3.38. The summed E-state index contributed by atoms with van der Waals surface area (Å²) in [6.07, 6.45) is 46.4. The Bertz CT molecular complexity index is 997. The monoisotopic (exact) mass is 799 g/mol. The van der Waals surface area contributed by atoms with Crippen LogP contribution in [0.25, 0.3) is 0 Å². The zero-order valence-corrected chi connectivity index (χ0v) is 36.0. The summed E-state index contributed by atoms with van der Waals surface area (Å²) in [4.78, 5) is 22.6. The van der Waals surface area contributed by atoms with Crippen molar-refractivity contribution in [3.05, 3.63) is 48.6 Å². The van der Waals surface area contributed by atoms with Gasteiger partial charge in [-0.25, -0.2) is 4.57 Å². The highest BCUT2D eigenvalue weighted by Crippen LogP contribution is 2.43. The Balaban J connectivity index is 4.17. The van der Waals surface area contributed by atoms with Crippen LogP contribution in [-0.2, 0) is 27.9 Å². The van der Waals surface area contributed by atoms with Crippen LogP contribution in [0.2, 0.25) is 0 Å². The van der Waals surface area contributed by atoms with Crippen LogP contribution >= 0.6 is 7.82 Å². The molecule has 9 nitrogen and oxygen atoms in total. The van der Waals surface area contributed by atoms with Crippen molar-refractivity contribution >= 4 is 13.8 Å². The summed E-state index contributed by atoms with van der Waals surface area (Å²) >= 11 is 0. The Labute approximate surface area is 337 Å². The van der Waals surface area contributed by atoms with Gasteiger partial charge >= 0.3 is 13.8 Å². The minimum atomic E-state index is -4.52. The van der Waals surface area contributed by atoms with E-state index >= 15 is 0 Å². The average Bonchev–Trinajstić information content (AvgIpc) is 3.18. The van der Waals surface area contributed by atoms with Gasteiger partial charge in [0.1, 0.15) is 12.2 Å². The Hall–Kier alpha value is -1.58. The molecule has 55 heavy (non-hydrogen) atoms. The van der Waals surface area contributed by atoms with Gasteiger partial charge in [0.2, 0.25) is 0 Å². The second kappa shape index (κ2) is 42.0. The van der Waals surface area contributed by atoms with E-state index in [1.165, 1.54) is 89.9 Å². The second-order valence-corrected chi connectivity index (χ2v) is 16.1. The molecule has 3 unspecified atom stereocenters. The van der Waals surface area contributed by atoms with Gasteiger partial charge in [0.05, 0.1) is 26.4 Å². The SMILES string of the molecule is CC/C=C\C/C=C\C/C=C\CCCCCCCC(=O)OC(COCCCCCCCCCC/C=C\CCCCCCCCC)COP(=O)(O)OCC(O)CO. The minimum Gasteiger partial charge on any atom is -0.457 e. The Kier molecular flexibility index (Phi) is 40.8. The third-order valence-corrected chi connectivity index (χ3v) is 10.2. The van der Waals surface area contributed by atoms with Crippen LogP contribution in [0.1, 0.15) is 187 Å². The lowest BCUT2D eigenvalue weighted by Gasteiger charge is -2.20.